The van der Waals surface area contributed by atoms with Crippen LogP contribution in [-0.2, 0) is 0 Å². The summed E-state index contributed by atoms with van der Waals surface area (Å²) >= 11 is 0. The van der Waals surface area contributed by atoms with E-state index >= 15 is 0 Å². The molecule has 2 rings (SSSR count). The Kier molecular flexibility index (Phi) is 4.75. The van der Waals surface area contributed by atoms with Gasteiger partial charge in [-0.15, -0.1) is 6.42 Å². The Hall–Kier alpha value is -2.79. The van der Waals surface area contributed by atoms with Gasteiger partial charge in [-0.1, -0.05) is 54.1 Å². The third kappa shape index (κ3) is 4.15. The lowest BCUT2D eigenvalue weighted by Gasteiger charge is -2.00. The van der Waals surface area contributed by atoms with Crippen LogP contribution in [0.2, 0.25) is 0 Å². The molecular weight excluding hydrogens is 244 g/mol. The van der Waals surface area contributed by atoms with Crippen molar-refractivity contribution in [2.45, 2.75) is 6.92 Å². The van der Waals surface area contributed by atoms with Gasteiger partial charge in [0.25, 0.3) is 0 Å². The summed E-state index contributed by atoms with van der Waals surface area (Å²) in [5.74, 6) is 2.55. The van der Waals surface area contributed by atoms with Crippen molar-refractivity contribution >= 4 is 17.5 Å². The van der Waals surface area contributed by atoms with E-state index in [-0.39, 0.29) is 0 Å². The molecule has 2 heteroatoms. The van der Waals surface area contributed by atoms with Gasteiger partial charge in [-0.2, -0.15) is 5.10 Å². The molecule has 0 aliphatic rings. The van der Waals surface area contributed by atoms with E-state index in [1.54, 1.807) is 0 Å². The number of aryl methyl sites for hydroxylation is 1. The van der Waals surface area contributed by atoms with E-state index in [9.17, 15) is 0 Å². The van der Waals surface area contributed by atoms with Crippen molar-refractivity contribution in [3.05, 3.63) is 71.8 Å². The summed E-state index contributed by atoms with van der Waals surface area (Å²) in [5, 5.41) is 4.20. The number of hydrogen-bond acceptors (Lipinski definition) is 2. The molecule has 98 valence electrons. The molecule has 20 heavy (non-hydrogen) atoms. The van der Waals surface area contributed by atoms with E-state index in [0.717, 1.165) is 11.3 Å². The molecule has 0 bridgehead atoms. The van der Waals surface area contributed by atoms with E-state index in [2.05, 4.69) is 16.4 Å². The highest BCUT2D eigenvalue weighted by molar-refractivity contribution is 6.10. The van der Waals surface area contributed by atoms with Crippen LogP contribution in [0.15, 0.2) is 65.8 Å². The maximum atomic E-state index is 5.45. The van der Waals surface area contributed by atoms with Crippen LogP contribution in [0, 0.1) is 19.3 Å². The van der Waals surface area contributed by atoms with Gasteiger partial charge in [-0.3, -0.25) is 5.43 Å². The van der Waals surface area contributed by atoms with Crippen LogP contribution in [0.1, 0.15) is 11.1 Å². The van der Waals surface area contributed by atoms with Gasteiger partial charge in [0, 0.05) is 0 Å². The number of terminal acetylenes is 1. The molecule has 2 nitrogen and oxygen atoms in total. The van der Waals surface area contributed by atoms with Gasteiger partial charge in [-0.25, -0.2) is 0 Å². The van der Waals surface area contributed by atoms with E-state index in [1.807, 2.05) is 73.7 Å². The van der Waals surface area contributed by atoms with Gasteiger partial charge in [0.15, 0.2) is 0 Å². The number of benzene rings is 2. The number of rotatable bonds is 4. The zero-order valence-electron chi connectivity index (χ0n) is 11.4. The quantitative estimate of drug-likeness (QED) is 0.499. The fraction of sp³-hybridized carbons (Fsp3) is 0.0556. The first-order chi connectivity index (χ1) is 9.78. The summed E-state index contributed by atoms with van der Waals surface area (Å²) in [6, 6.07) is 17.9. The van der Waals surface area contributed by atoms with E-state index < -0.39 is 0 Å². The predicted octanol–water partition coefficient (Wildman–Crippen LogP) is 4.11. The van der Waals surface area contributed by atoms with Gasteiger partial charge >= 0.3 is 0 Å². The molecule has 1 N–H and O–H groups in total. The minimum absolute atomic E-state index is 0.550. The summed E-state index contributed by atoms with van der Waals surface area (Å²) in [7, 11) is 0. The number of anilines is 1. The second-order valence-electron chi connectivity index (χ2n) is 4.36. The van der Waals surface area contributed by atoms with Gasteiger partial charge in [0.05, 0.1) is 5.69 Å². The molecule has 0 radical (unpaired) electrons. The molecule has 0 atom stereocenters. The summed E-state index contributed by atoms with van der Waals surface area (Å²) in [4.78, 5) is 0. The Balaban J connectivity index is 2.05. The number of hydrogen-bond donors (Lipinski definition) is 1. The predicted molar refractivity (Wildman–Crippen MR) is 86.5 cm³/mol. The lowest BCUT2D eigenvalue weighted by atomic mass is 10.2. The number of hydrazone groups is 1. The lowest BCUT2D eigenvalue weighted by Crippen LogP contribution is -1.96. The first-order valence-electron chi connectivity index (χ1n) is 6.38. The molecule has 0 fully saturated rings. The molecule has 0 aliphatic heterocycles. The smallest absolute Gasteiger partial charge is 0.133 e. The second kappa shape index (κ2) is 6.96. The van der Waals surface area contributed by atoms with Crippen molar-refractivity contribution in [2.24, 2.45) is 5.10 Å². The first kappa shape index (κ1) is 13.6. The minimum atomic E-state index is 0.550. The van der Waals surface area contributed by atoms with Crippen molar-refractivity contribution in [2.75, 3.05) is 5.43 Å². The molecule has 0 unspecified atom stereocenters. The molecule has 0 aliphatic carbocycles. The fourth-order valence-electron chi connectivity index (χ4n) is 1.61. The Labute approximate surface area is 119 Å². The average Bonchev–Trinajstić information content (AvgIpc) is 2.50. The van der Waals surface area contributed by atoms with Gasteiger partial charge in [0.1, 0.15) is 5.71 Å². The fourth-order valence-corrected chi connectivity index (χ4v) is 1.61. The lowest BCUT2D eigenvalue weighted by molar-refractivity contribution is 1.33. The molecule has 0 spiro atoms. The summed E-state index contributed by atoms with van der Waals surface area (Å²) in [6.45, 7) is 2.04. The SMILES string of the molecule is C#CC(/C=C/c1ccccc1)=N\Nc1ccc(C)cc1. The van der Waals surface area contributed by atoms with Crippen LogP contribution in [-0.4, -0.2) is 5.71 Å². The number of nitrogens with zero attached hydrogens (tertiary/aromatic N) is 1. The highest BCUT2D eigenvalue weighted by atomic mass is 15.3. The van der Waals surface area contributed by atoms with Crippen LogP contribution < -0.4 is 5.43 Å². The summed E-state index contributed by atoms with van der Waals surface area (Å²) in [6.07, 6.45) is 9.21. The highest BCUT2D eigenvalue weighted by Crippen LogP contribution is 2.08. The Morgan fingerprint density at radius 1 is 1.10 bits per heavy atom. The van der Waals surface area contributed by atoms with Crippen molar-refractivity contribution in [1.29, 1.82) is 0 Å². The standard InChI is InChI=1S/C18H16N2/c1-3-17(14-11-16-7-5-4-6-8-16)19-20-18-12-9-15(2)10-13-18/h1,4-14,20H,2H3/b14-11+,19-17+. The normalized spacial score (nSPS) is 11.3. The molecule has 0 saturated carbocycles. The molecule has 0 aromatic heterocycles. The van der Waals surface area contributed by atoms with E-state index in [1.165, 1.54) is 5.56 Å². The zero-order chi connectivity index (χ0) is 14.2. The van der Waals surface area contributed by atoms with Crippen LogP contribution in [0.5, 0.6) is 0 Å². The van der Waals surface area contributed by atoms with Crippen molar-refractivity contribution in [3.8, 4) is 12.3 Å². The van der Waals surface area contributed by atoms with Gasteiger partial charge in [0.2, 0.25) is 0 Å². The minimum Gasteiger partial charge on any atom is -0.277 e. The van der Waals surface area contributed by atoms with Crippen molar-refractivity contribution < 1.29 is 0 Å². The number of allylic oxidation sites excluding steroid dienone is 1. The maximum absolute atomic E-state index is 5.45. The highest BCUT2D eigenvalue weighted by Gasteiger charge is 1.91. The topological polar surface area (TPSA) is 24.4 Å². The zero-order valence-corrected chi connectivity index (χ0v) is 11.4. The van der Waals surface area contributed by atoms with Gasteiger partial charge < -0.3 is 0 Å². The molecule has 0 amide bonds. The van der Waals surface area contributed by atoms with Crippen molar-refractivity contribution in [3.63, 3.8) is 0 Å². The van der Waals surface area contributed by atoms with Crippen molar-refractivity contribution in [1.82, 2.24) is 0 Å². The van der Waals surface area contributed by atoms with Crippen LogP contribution in [0.25, 0.3) is 6.08 Å². The summed E-state index contributed by atoms with van der Waals surface area (Å²) < 4.78 is 0. The van der Waals surface area contributed by atoms with Gasteiger partial charge in [-0.05, 0) is 36.6 Å². The molecular formula is C18H16N2. The molecule has 2 aromatic rings. The van der Waals surface area contributed by atoms with Crippen LogP contribution in [0.3, 0.4) is 0 Å². The third-order valence-corrected chi connectivity index (χ3v) is 2.74. The first-order valence-corrected chi connectivity index (χ1v) is 6.38. The Morgan fingerprint density at radius 3 is 2.45 bits per heavy atom. The van der Waals surface area contributed by atoms with E-state index in [4.69, 9.17) is 6.42 Å². The average molecular weight is 260 g/mol. The monoisotopic (exact) mass is 260 g/mol. The van der Waals surface area contributed by atoms with E-state index in [0.29, 0.717) is 5.71 Å². The Morgan fingerprint density at radius 2 is 1.80 bits per heavy atom. The number of nitrogens with one attached hydrogen (secondary N) is 1. The molecule has 0 saturated heterocycles. The second-order valence-corrected chi connectivity index (χ2v) is 4.36. The summed E-state index contributed by atoms with van der Waals surface area (Å²) in [5.41, 5.74) is 6.71. The largest absolute Gasteiger partial charge is 0.277 e. The van der Waals surface area contributed by atoms with Crippen LogP contribution in [0.4, 0.5) is 5.69 Å². The maximum Gasteiger partial charge on any atom is 0.133 e. The third-order valence-electron chi connectivity index (χ3n) is 2.74. The Bertz CT molecular complexity index is 644. The van der Waals surface area contributed by atoms with Crippen LogP contribution >= 0.6 is 0 Å². The molecule has 0 heterocycles. The molecule has 2 aromatic carbocycles.